The Balaban J connectivity index is 1.45. The van der Waals surface area contributed by atoms with E-state index in [2.05, 4.69) is 37.9 Å². The molecular formula is C26H33N5O3. The van der Waals surface area contributed by atoms with Gasteiger partial charge in [-0.2, -0.15) is 5.10 Å². The maximum absolute atomic E-state index is 13.2. The highest BCUT2D eigenvalue weighted by Gasteiger charge is 2.31. The number of ether oxygens (including phenoxy) is 2. The first-order valence-corrected chi connectivity index (χ1v) is 11.6. The van der Waals surface area contributed by atoms with Crippen LogP contribution in [0.4, 0.5) is 11.4 Å². The summed E-state index contributed by atoms with van der Waals surface area (Å²) >= 11 is 0. The first kappa shape index (κ1) is 23.6. The molecule has 3 N–H and O–H groups in total. The van der Waals surface area contributed by atoms with E-state index in [1.165, 1.54) is 5.56 Å². The van der Waals surface area contributed by atoms with Crippen LogP contribution in [0.3, 0.4) is 0 Å². The number of nitrogens with zero attached hydrogens (tertiary/aromatic N) is 2. The smallest absolute Gasteiger partial charge is 0.241 e. The predicted octanol–water partition coefficient (Wildman–Crippen LogP) is 4.51. The van der Waals surface area contributed by atoms with E-state index in [1.807, 2.05) is 44.2 Å². The minimum atomic E-state index is -0.153. The van der Waals surface area contributed by atoms with Crippen molar-refractivity contribution < 1.29 is 14.3 Å². The zero-order valence-electron chi connectivity index (χ0n) is 20.2. The Bertz CT molecular complexity index is 1110. The summed E-state index contributed by atoms with van der Waals surface area (Å²) < 4.78 is 10.8. The molecule has 8 heteroatoms. The third-order valence-corrected chi connectivity index (χ3v) is 6.36. The van der Waals surface area contributed by atoms with Crippen LogP contribution < -0.4 is 20.1 Å². The lowest BCUT2D eigenvalue weighted by Crippen LogP contribution is -2.39. The number of hydrogen-bond donors (Lipinski definition) is 3. The number of carbonyl (C=O) groups is 1. The summed E-state index contributed by atoms with van der Waals surface area (Å²) in [6.45, 7) is 5.72. The van der Waals surface area contributed by atoms with E-state index in [0.717, 1.165) is 42.9 Å². The molecule has 180 valence electrons. The van der Waals surface area contributed by atoms with Crippen LogP contribution in [-0.2, 0) is 11.3 Å². The molecule has 2 heterocycles. The van der Waals surface area contributed by atoms with Gasteiger partial charge in [0.05, 0.1) is 43.9 Å². The van der Waals surface area contributed by atoms with Gasteiger partial charge in [-0.05, 0) is 50.4 Å². The third kappa shape index (κ3) is 5.17. The molecule has 0 aliphatic carbocycles. The molecule has 8 nitrogen and oxygen atoms in total. The molecule has 1 saturated heterocycles. The van der Waals surface area contributed by atoms with E-state index in [1.54, 1.807) is 20.4 Å². The van der Waals surface area contributed by atoms with Crippen LogP contribution in [0.25, 0.3) is 0 Å². The summed E-state index contributed by atoms with van der Waals surface area (Å²) in [5.74, 6) is 1.34. The van der Waals surface area contributed by atoms with Gasteiger partial charge in [0.1, 0.15) is 0 Å². The fourth-order valence-electron chi connectivity index (χ4n) is 4.51. The Hall–Kier alpha value is -3.52. The van der Waals surface area contributed by atoms with E-state index >= 15 is 0 Å². The van der Waals surface area contributed by atoms with E-state index in [9.17, 15) is 4.79 Å². The van der Waals surface area contributed by atoms with Crippen molar-refractivity contribution in [3.63, 3.8) is 0 Å². The number of rotatable bonds is 9. The molecule has 1 aliphatic rings. The highest BCUT2D eigenvalue weighted by molar-refractivity contribution is 5.95. The molecule has 0 spiro atoms. The molecule has 4 rings (SSSR count). The molecular weight excluding hydrogens is 430 g/mol. The molecule has 1 aromatic heterocycles. The normalized spacial score (nSPS) is 16.8. The first-order chi connectivity index (χ1) is 16.5. The Morgan fingerprint density at radius 2 is 1.91 bits per heavy atom. The standard InChI is InChI=1S/C26H33N5O3/c1-17-13-23(33-3)24(34-4)14-20(17)28-18(2)25-21(15-27-30-25)29-26(32)22-11-8-12-31(22)16-19-9-6-5-7-10-19/h5-7,9-10,13-15,18,22,28H,8,11-12,16H2,1-4H3,(H,27,30)(H,29,32). The molecule has 2 aromatic carbocycles. The van der Waals surface area contributed by atoms with Gasteiger partial charge >= 0.3 is 0 Å². The largest absolute Gasteiger partial charge is 0.493 e. The second-order valence-corrected chi connectivity index (χ2v) is 8.69. The van der Waals surface area contributed by atoms with Crippen molar-refractivity contribution in [2.45, 2.75) is 45.3 Å². The second kappa shape index (κ2) is 10.6. The molecule has 0 saturated carbocycles. The average molecular weight is 464 g/mol. The first-order valence-electron chi connectivity index (χ1n) is 11.6. The molecule has 0 bridgehead atoms. The average Bonchev–Trinajstić information content (AvgIpc) is 3.50. The van der Waals surface area contributed by atoms with Crippen LogP contribution in [0.2, 0.25) is 0 Å². The minimum Gasteiger partial charge on any atom is -0.493 e. The summed E-state index contributed by atoms with van der Waals surface area (Å²) in [6.07, 6.45) is 3.54. The third-order valence-electron chi connectivity index (χ3n) is 6.36. The molecule has 2 unspecified atom stereocenters. The van der Waals surface area contributed by atoms with Crippen LogP contribution in [0.5, 0.6) is 11.5 Å². The summed E-state index contributed by atoms with van der Waals surface area (Å²) in [6, 6.07) is 13.9. The number of aromatic amines is 1. The Morgan fingerprint density at radius 1 is 1.18 bits per heavy atom. The fraction of sp³-hybridized carbons (Fsp3) is 0.385. The van der Waals surface area contributed by atoms with Crippen LogP contribution in [0.15, 0.2) is 48.7 Å². The SMILES string of the molecule is COc1cc(C)c(NC(C)c2[nH]ncc2NC(=O)C2CCCN2Cc2ccccc2)cc1OC. The minimum absolute atomic E-state index is 0.00517. The summed E-state index contributed by atoms with van der Waals surface area (Å²) in [7, 11) is 3.24. The summed E-state index contributed by atoms with van der Waals surface area (Å²) in [5.41, 5.74) is 4.66. The number of H-pyrrole nitrogens is 1. The molecule has 3 aromatic rings. The van der Waals surface area contributed by atoms with E-state index in [0.29, 0.717) is 17.2 Å². The number of amides is 1. The monoisotopic (exact) mass is 463 g/mol. The van der Waals surface area contributed by atoms with Gasteiger partial charge in [0, 0.05) is 18.3 Å². The highest BCUT2D eigenvalue weighted by Crippen LogP contribution is 2.35. The van der Waals surface area contributed by atoms with Crippen molar-refractivity contribution >= 4 is 17.3 Å². The lowest BCUT2D eigenvalue weighted by atomic mass is 10.1. The van der Waals surface area contributed by atoms with Crippen molar-refractivity contribution in [2.75, 3.05) is 31.4 Å². The molecule has 0 radical (unpaired) electrons. The second-order valence-electron chi connectivity index (χ2n) is 8.69. The maximum atomic E-state index is 13.2. The predicted molar refractivity (Wildman–Crippen MR) is 133 cm³/mol. The van der Waals surface area contributed by atoms with Gasteiger partial charge in [-0.3, -0.25) is 14.8 Å². The van der Waals surface area contributed by atoms with Crippen molar-refractivity contribution in [3.05, 3.63) is 65.5 Å². The highest BCUT2D eigenvalue weighted by atomic mass is 16.5. The quantitative estimate of drug-likeness (QED) is 0.432. The van der Waals surface area contributed by atoms with Crippen LogP contribution >= 0.6 is 0 Å². The number of anilines is 2. The van der Waals surface area contributed by atoms with E-state index in [4.69, 9.17) is 9.47 Å². The number of aromatic nitrogens is 2. The summed E-state index contributed by atoms with van der Waals surface area (Å²) in [4.78, 5) is 15.5. The molecule has 1 aliphatic heterocycles. The summed E-state index contributed by atoms with van der Waals surface area (Å²) in [5, 5.41) is 13.8. The maximum Gasteiger partial charge on any atom is 0.241 e. The van der Waals surface area contributed by atoms with Gasteiger partial charge in [0.25, 0.3) is 0 Å². The van der Waals surface area contributed by atoms with Gasteiger partial charge in [0.15, 0.2) is 11.5 Å². The van der Waals surface area contributed by atoms with Crippen LogP contribution in [-0.4, -0.2) is 47.8 Å². The molecule has 2 atom stereocenters. The van der Waals surface area contributed by atoms with E-state index in [-0.39, 0.29) is 18.0 Å². The lowest BCUT2D eigenvalue weighted by Gasteiger charge is -2.24. The molecule has 1 amide bonds. The van der Waals surface area contributed by atoms with Gasteiger partial charge in [0.2, 0.25) is 5.91 Å². The number of benzene rings is 2. The van der Waals surface area contributed by atoms with Gasteiger partial charge < -0.3 is 20.1 Å². The molecule has 34 heavy (non-hydrogen) atoms. The lowest BCUT2D eigenvalue weighted by molar-refractivity contribution is -0.120. The van der Waals surface area contributed by atoms with Gasteiger partial charge in [-0.25, -0.2) is 0 Å². The topological polar surface area (TPSA) is 91.5 Å². The number of carbonyl (C=O) groups excluding carboxylic acids is 1. The van der Waals surface area contributed by atoms with Crippen molar-refractivity contribution in [1.29, 1.82) is 0 Å². The number of methoxy groups -OCH3 is 2. The number of aryl methyl sites for hydroxylation is 1. The van der Waals surface area contributed by atoms with Crippen molar-refractivity contribution in [2.24, 2.45) is 0 Å². The van der Waals surface area contributed by atoms with Crippen molar-refractivity contribution in [1.82, 2.24) is 15.1 Å². The Labute approximate surface area is 200 Å². The zero-order valence-corrected chi connectivity index (χ0v) is 20.2. The number of likely N-dealkylation sites (tertiary alicyclic amines) is 1. The van der Waals surface area contributed by atoms with Crippen LogP contribution in [0.1, 0.15) is 42.6 Å². The van der Waals surface area contributed by atoms with Gasteiger partial charge in [-0.1, -0.05) is 30.3 Å². The number of hydrogen-bond acceptors (Lipinski definition) is 6. The Kier molecular flexibility index (Phi) is 7.37. The van der Waals surface area contributed by atoms with Gasteiger partial charge in [-0.15, -0.1) is 0 Å². The van der Waals surface area contributed by atoms with Crippen molar-refractivity contribution in [3.8, 4) is 11.5 Å². The number of nitrogens with one attached hydrogen (secondary N) is 3. The zero-order chi connectivity index (χ0) is 24.1. The fourth-order valence-corrected chi connectivity index (χ4v) is 4.51. The van der Waals surface area contributed by atoms with E-state index < -0.39 is 0 Å². The van der Waals surface area contributed by atoms with Crippen LogP contribution in [0, 0.1) is 6.92 Å². The Morgan fingerprint density at radius 3 is 2.65 bits per heavy atom. The molecule has 1 fully saturated rings.